The number of rotatable bonds is 4. The average Bonchev–Trinajstić information content (AvgIpc) is 2.40. The Hall–Kier alpha value is -1.25. The molecule has 0 amide bonds. The van der Waals surface area contributed by atoms with Gasteiger partial charge in [-0.25, -0.2) is 4.98 Å². The summed E-state index contributed by atoms with van der Waals surface area (Å²) < 4.78 is 5.16. The van der Waals surface area contributed by atoms with Gasteiger partial charge in [0.15, 0.2) is 0 Å². The molecule has 20 heavy (non-hydrogen) atoms. The minimum Gasteiger partial charge on any atom is -0.481 e. The first kappa shape index (κ1) is 15.1. The Labute approximate surface area is 123 Å². The van der Waals surface area contributed by atoms with Gasteiger partial charge in [-0.1, -0.05) is 20.8 Å². The molecule has 1 aromatic heterocycles. The number of hydrogen-bond acceptors (Lipinski definition) is 3. The van der Waals surface area contributed by atoms with Gasteiger partial charge in [-0.15, -0.1) is 0 Å². The van der Waals surface area contributed by atoms with Gasteiger partial charge in [0.2, 0.25) is 5.88 Å². The van der Waals surface area contributed by atoms with Gasteiger partial charge in [0.1, 0.15) is 0 Å². The normalized spacial score (nSPS) is 23.4. The van der Waals surface area contributed by atoms with Crippen LogP contribution in [-0.2, 0) is 0 Å². The van der Waals surface area contributed by atoms with Gasteiger partial charge in [-0.2, -0.15) is 0 Å². The molecule has 0 aromatic carbocycles. The number of pyridine rings is 1. The molecule has 1 aliphatic carbocycles. The van der Waals surface area contributed by atoms with Crippen molar-refractivity contribution in [3.63, 3.8) is 0 Å². The minimum atomic E-state index is 0.462. The molecular formula is C17H28N2O. The van der Waals surface area contributed by atoms with Crippen molar-refractivity contribution in [1.82, 2.24) is 4.98 Å². The fraction of sp³-hybridized carbons (Fsp3) is 0.706. The molecule has 112 valence electrons. The van der Waals surface area contributed by atoms with Gasteiger partial charge in [0, 0.05) is 24.0 Å². The van der Waals surface area contributed by atoms with E-state index in [1.165, 1.54) is 32.1 Å². The van der Waals surface area contributed by atoms with E-state index in [-0.39, 0.29) is 0 Å². The maximum absolute atomic E-state index is 5.16. The lowest BCUT2D eigenvalue weighted by molar-refractivity contribution is 0.233. The molecule has 1 N–H and O–H groups in total. The summed E-state index contributed by atoms with van der Waals surface area (Å²) in [5.74, 6) is 1.58. The van der Waals surface area contributed by atoms with Crippen LogP contribution in [0.2, 0.25) is 0 Å². The van der Waals surface area contributed by atoms with E-state index < -0.39 is 0 Å². The predicted octanol–water partition coefficient (Wildman–Crippen LogP) is 4.50. The Morgan fingerprint density at radius 1 is 1.25 bits per heavy atom. The molecule has 2 rings (SSSR count). The number of methoxy groups -OCH3 is 1. The van der Waals surface area contributed by atoms with Crippen LogP contribution in [0.3, 0.4) is 0 Å². The highest BCUT2D eigenvalue weighted by molar-refractivity contribution is 5.45. The summed E-state index contributed by atoms with van der Waals surface area (Å²) in [4.78, 5) is 4.14. The average molecular weight is 276 g/mol. The van der Waals surface area contributed by atoms with E-state index in [9.17, 15) is 0 Å². The second kappa shape index (κ2) is 6.47. The van der Waals surface area contributed by atoms with Crippen LogP contribution >= 0.6 is 0 Å². The SMILES string of the molecule is COc1cc(NC2CCC(CC(C)(C)C)CC2)ccn1. The van der Waals surface area contributed by atoms with Gasteiger partial charge in [-0.3, -0.25) is 0 Å². The lowest BCUT2D eigenvalue weighted by Crippen LogP contribution is -2.27. The van der Waals surface area contributed by atoms with Crippen LogP contribution in [0.25, 0.3) is 0 Å². The Morgan fingerprint density at radius 2 is 1.95 bits per heavy atom. The van der Waals surface area contributed by atoms with Gasteiger partial charge < -0.3 is 10.1 Å². The number of nitrogens with one attached hydrogen (secondary N) is 1. The molecule has 0 atom stereocenters. The summed E-state index contributed by atoms with van der Waals surface area (Å²) in [6.45, 7) is 7.04. The molecule has 1 aromatic rings. The number of aromatic nitrogens is 1. The van der Waals surface area contributed by atoms with Crippen LogP contribution < -0.4 is 10.1 Å². The number of nitrogens with zero attached hydrogens (tertiary/aromatic N) is 1. The van der Waals surface area contributed by atoms with Gasteiger partial charge in [0.05, 0.1) is 7.11 Å². The Balaban J connectivity index is 1.82. The van der Waals surface area contributed by atoms with Crippen LogP contribution in [-0.4, -0.2) is 18.1 Å². The molecule has 0 saturated heterocycles. The molecule has 0 aliphatic heterocycles. The first-order chi connectivity index (χ1) is 9.46. The van der Waals surface area contributed by atoms with Crippen molar-refractivity contribution in [2.75, 3.05) is 12.4 Å². The summed E-state index contributed by atoms with van der Waals surface area (Å²) in [7, 11) is 1.66. The number of anilines is 1. The molecule has 0 bridgehead atoms. The second-order valence-corrected chi connectivity index (χ2v) is 7.21. The van der Waals surface area contributed by atoms with E-state index in [1.807, 2.05) is 12.1 Å². The summed E-state index contributed by atoms with van der Waals surface area (Å²) in [5, 5.41) is 3.62. The van der Waals surface area contributed by atoms with Crippen molar-refractivity contribution < 1.29 is 4.74 Å². The van der Waals surface area contributed by atoms with Crippen molar-refractivity contribution in [3.8, 4) is 5.88 Å². The number of ether oxygens (including phenoxy) is 1. The molecule has 3 nitrogen and oxygen atoms in total. The summed E-state index contributed by atoms with van der Waals surface area (Å²) >= 11 is 0. The standard InChI is InChI=1S/C17H28N2O/c1-17(2,3)12-13-5-7-14(8-6-13)19-15-9-10-18-16(11-15)20-4/h9-11,13-14H,5-8,12H2,1-4H3,(H,18,19). The van der Waals surface area contributed by atoms with Crippen LogP contribution in [0.15, 0.2) is 18.3 Å². The topological polar surface area (TPSA) is 34.1 Å². The molecule has 1 aliphatic rings. The smallest absolute Gasteiger partial charge is 0.214 e. The molecule has 0 unspecified atom stereocenters. The molecule has 0 spiro atoms. The first-order valence-corrected chi connectivity index (χ1v) is 7.73. The predicted molar refractivity (Wildman–Crippen MR) is 84.2 cm³/mol. The number of hydrogen-bond donors (Lipinski definition) is 1. The Morgan fingerprint density at radius 3 is 2.55 bits per heavy atom. The van der Waals surface area contributed by atoms with Gasteiger partial charge in [-0.05, 0) is 49.5 Å². The molecule has 1 saturated carbocycles. The Bertz CT molecular complexity index is 417. The van der Waals surface area contributed by atoms with Crippen molar-refractivity contribution in [1.29, 1.82) is 0 Å². The monoisotopic (exact) mass is 276 g/mol. The van der Waals surface area contributed by atoms with Crippen LogP contribution in [0, 0.1) is 11.3 Å². The lowest BCUT2D eigenvalue weighted by atomic mass is 9.76. The molecule has 0 radical (unpaired) electrons. The van der Waals surface area contributed by atoms with Crippen LogP contribution in [0.1, 0.15) is 52.9 Å². The summed E-state index contributed by atoms with van der Waals surface area (Å²) in [6, 6.07) is 4.59. The van der Waals surface area contributed by atoms with E-state index in [0.29, 0.717) is 17.3 Å². The quantitative estimate of drug-likeness (QED) is 0.879. The maximum atomic E-state index is 5.16. The van der Waals surface area contributed by atoms with E-state index in [4.69, 9.17) is 4.74 Å². The molecular weight excluding hydrogens is 248 g/mol. The second-order valence-electron chi connectivity index (χ2n) is 7.21. The highest BCUT2D eigenvalue weighted by Crippen LogP contribution is 2.35. The first-order valence-electron chi connectivity index (χ1n) is 7.73. The van der Waals surface area contributed by atoms with Crippen LogP contribution in [0.5, 0.6) is 5.88 Å². The minimum absolute atomic E-state index is 0.462. The van der Waals surface area contributed by atoms with Crippen molar-refractivity contribution in [2.24, 2.45) is 11.3 Å². The zero-order chi connectivity index (χ0) is 14.6. The largest absolute Gasteiger partial charge is 0.481 e. The third kappa shape index (κ3) is 4.69. The fourth-order valence-corrected chi connectivity index (χ4v) is 3.22. The van der Waals surface area contributed by atoms with Crippen LogP contribution in [0.4, 0.5) is 5.69 Å². The van der Waals surface area contributed by atoms with E-state index in [2.05, 4.69) is 31.1 Å². The third-order valence-corrected chi connectivity index (χ3v) is 4.06. The zero-order valence-electron chi connectivity index (χ0n) is 13.3. The molecule has 1 fully saturated rings. The van der Waals surface area contributed by atoms with Crippen molar-refractivity contribution in [3.05, 3.63) is 18.3 Å². The highest BCUT2D eigenvalue weighted by Gasteiger charge is 2.25. The van der Waals surface area contributed by atoms with Gasteiger partial charge in [0.25, 0.3) is 0 Å². The van der Waals surface area contributed by atoms with Gasteiger partial charge >= 0.3 is 0 Å². The molecule has 1 heterocycles. The van der Waals surface area contributed by atoms with E-state index in [0.717, 1.165) is 11.6 Å². The molecule has 3 heteroatoms. The lowest BCUT2D eigenvalue weighted by Gasteiger charge is -2.33. The summed E-state index contributed by atoms with van der Waals surface area (Å²) in [5.41, 5.74) is 1.58. The van der Waals surface area contributed by atoms with E-state index >= 15 is 0 Å². The maximum Gasteiger partial charge on any atom is 0.214 e. The van der Waals surface area contributed by atoms with Crippen molar-refractivity contribution >= 4 is 5.69 Å². The summed E-state index contributed by atoms with van der Waals surface area (Å²) in [6.07, 6.45) is 8.38. The van der Waals surface area contributed by atoms with E-state index in [1.54, 1.807) is 13.3 Å². The fourth-order valence-electron chi connectivity index (χ4n) is 3.22. The highest BCUT2D eigenvalue weighted by atomic mass is 16.5. The Kier molecular flexibility index (Phi) is 4.90. The zero-order valence-corrected chi connectivity index (χ0v) is 13.3. The third-order valence-electron chi connectivity index (χ3n) is 4.06. The van der Waals surface area contributed by atoms with Crippen molar-refractivity contribution in [2.45, 2.75) is 58.9 Å².